The number of rotatable bonds is 9. The lowest BCUT2D eigenvalue weighted by molar-refractivity contribution is 0.0696. The second-order valence-corrected chi connectivity index (χ2v) is 7.24. The van der Waals surface area contributed by atoms with Crippen LogP contribution in [0.4, 0.5) is 11.4 Å². The van der Waals surface area contributed by atoms with Gasteiger partial charge in [-0.15, -0.1) is 0 Å². The van der Waals surface area contributed by atoms with Gasteiger partial charge in [0.05, 0.1) is 11.1 Å². The standard InChI is InChI=1S/C25H25NO5/c1-3-6-22-23(12-11-21(16(2)27)24(22)28)31-15-17-7-4-9-19(13-17)26-20-10-5-8-18(14-20)25(29)30/h4-5,7-14,26,28H,3,6,15H2,1-2H3,(H,29,30). The molecule has 0 bridgehead atoms. The van der Waals surface area contributed by atoms with Crippen LogP contribution in [0.15, 0.2) is 60.7 Å². The van der Waals surface area contributed by atoms with E-state index >= 15 is 0 Å². The first-order valence-corrected chi connectivity index (χ1v) is 10.1. The molecule has 6 nitrogen and oxygen atoms in total. The van der Waals surface area contributed by atoms with Crippen molar-refractivity contribution < 1.29 is 24.5 Å². The first-order chi connectivity index (χ1) is 14.9. The number of ketones is 1. The van der Waals surface area contributed by atoms with Crippen molar-refractivity contribution in [2.45, 2.75) is 33.3 Å². The number of carboxylic acids is 1. The van der Waals surface area contributed by atoms with Gasteiger partial charge in [0.15, 0.2) is 5.78 Å². The molecule has 0 aromatic heterocycles. The number of benzene rings is 3. The Labute approximate surface area is 181 Å². The Morgan fingerprint density at radius 2 is 1.71 bits per heavy atom. The number of carboxylic acid groups (broad SMARTS) is 1. The number of carbonyl (C=O) groups excluding carboxylic acids is 1. The third-order valence-corrected chi connectivity index (χ3v) is 4.84. The molecule has 3 N–H and O–H groups in total. The van der Waals surface area contributed by atoms with E-state index in [2.05, 4.69) is 5.32 Å². The van der Waals surface area contributed by atoms with E-state index in [-0.39, 0.29) is 23.7 Å². The first kappa shape index (κ1) is 21.9. The van der Waals surface area contributed by atoms with Gasteiger partial charge in [-0.3, -0.25) is 4.79 Å². The molecule has 0 spiro atoms. The zero-order valence-corrected chi connectivity index (χ0v) is 17.5. The van der Waals surface area contributed by atoms with E-state index in [0.29, 0.717) is 29.0 Å². The Bertz CT molecular complexity index is 1110. The van der Waals surface area contributed by atoms with Crippen molar-refractivity contribution in [1.82, 2.24) is 0 Å². The number of aromatic carboxylic acids is 1. The van der Waals surface area contributed by atoms with Crippen LogP contribution in [0.5, 0.6) is 11.5 Å². The van der Waals surface area contributed by atoms with Gasteiger partial charge in [0, 0.05) is 16.9 Å². The molecule has 3 aromatic rings. The van der Waals surface area contributed by atoms with E-state index in [1.165, 1.54) is 6.92 Å². The van der Waals surface area contributed by atoms with E-state index < -0.39 is 5.97 Å². The maximum atomic E-state index is 11.7. The van der Waals surface area contributed by atoms with Crippen molar-refractivity contribution in [3.8, 4) is 11.5 Å². The monoisotopic (exact) mass is 419 g/mol. The van der Waals surface area contributed by atoms with E-state index in [0.717, 1.165) is 17.7 Å². The van der Waals surface area contributed by atoms with Gasteiger partial charge in [-0.2, -0.15) is 0 Å². The predicted molar refractivity (Wildman–Crippen MR) is 120 cm³/mol. The van der Waals surface area contributed by atoms with Crippen LogP contribution in [-0.4, -0.2) is 22.0 Å². The van der Waals surface area contributed by atoms with E-state index in [9.17, 15) is 14.7 Å². The highest BCUT2D eigenvalue weighted by atomic mass is 16.5. The molecule has 0 saturated carbocycles. The minimum Gasteiger partial charge on any atom is -0.507 e. The largest absolute Gasteiger partial charge is 0.507 e. The van der Waals surface area contributed by atoms with Crippen molar-refractivity contribution >= 4 is 23.1 Å². The number of phenols is 1. The number of Topliss-reactive ketones (excluding diaryl/α,β-unsaturated/α-hetero) is 1. The molecule has 3 rings (SSSR count). The van der Waals surface area contributed by atoms with Gasteiger partial charge in [0.25, 0.3) is 0 Å². The Hall–Kier alpha value is -3.80. The maximum Gasteiger partial charge on any atom is 0.335 e. The Morgan fingerprint density at radius 3 is 2.39 bits per heavy atom. The third-order valence-electron chi connectivity index (χ3n) is 4.84. The van der Waals surface area contributed by atoms with Crippen LogP contribution < -0.4 is 10.1 Å². The number of phenolic OH excluding ortho intramolecular Hbond substituents is 1. The minimum atomic E-state index is -0.979. The van der Waals surface area contributed by atoms with Crippen LogP contribution in [0.3, 0.4) is 0 Å². The number of carbonyl (C=O) groups is 2. The van der Waals surface area contributed by atoms with Gasteiger partial charge >= 0.3 is 5.97 Å². The van der Waals surface area contributed by atoms with Crippen molar-refractivity contribution in [1.29, 1.82) is 0 Å². The molecule has 0 radical (unpaired) electrons. The van der Waals surface area contributed by atoms with Crippen LogP contribution in [0, 0.1) is 0 Å². The van der Waals surface area contributed by atoms with E-state index in [1.807, 2.05) is 31.2 Å². The molecular formula is C25H25NO5. The fraction of sp³-hybridized carbons (Fsp3) is 0.200. The molecule has 0 atom stereocenters. The molecule has 0 aliphatic rings. The van der Waals surface area contributed by atoms with Crippen LogP contribution in [0.1, 0.15) is 52.1 Å². The van der Waals surface area contributed by atoms with Gasteiger partial charge in [0.2, 0.25) is 0 Å². The molecule has 0 aliphatic carbocycles. The lowest BCUT2D eigenvalue weighted by Gasteiger charge is -2.15. The Morgan fingerprint density at radius 1 is 1.00 bits per heavy atom. The summed E-state index contributed by atoms with van der Waals surface area (Å²) in [5, 5.41) is 22.8. The van der Waals surface area contributed by atoms with Crippen LogP contribution >= 0.6 is 0 Å². The number of ether oxygens (including phenoxy) is 1. The summed E-state index contributed by atoms with van der Waals surface area (Å²) < 4.78 is 5.97. The van der Waals surface area contributed by atoms with Crippen molar-refractivity contribution in [3.63, 3.8) is 0 Å². The molecule has 0 heterocycles. The number of nitrogens with one attached hydrogen (secondary N) is 1. The second kappa shape index (κ2) is 9.80. The van der Waals surface area contributed by atoms with Gasteiger partial charge in [0.1, 0.15) is 18.1 Å². The van der Waals surface area contributed by atoms with Crippen LogP contribution in [-0.2, 0) is 13.0 Å². The zero-order chi connectivity index (χ0) is 22.4. The zero-order valence-electron chi connectivity index (χ0n) is 17.5. The Balaban J connectivity index is 1.76. The molecule has 3 aromatic carbocycles. The van der Waals surface area contributed by atoms with Crippen LogP contribution in [0.25, 0.3) is 0 Å². The number of aromatic hydroxyl groups is 1. The summed E-state index contributed by atoms with van der Waals surface area (Å²) in [6, 6.07) is 17.5. The van der Waals surface area contributed by atoms with Gasteiger partial charge < -0.3 is 20.3 Å². The summed E-state index contributed by atoms with van der Waals surface area (Å²) in [4.78, 5) is 22.9. The Kier molecular flexibility index (Phi) is 6.92. The SMILES string of the molecule is CCCc1c(OCc2cccc(Nc3cccc(C(=O)O)c3)c2)ccc(C(C)=O)c1O. The highest BCUT2D eigenvalue weighted by molar-refractivity contribution is 5.97. The average Bonchev–Trinajstić information content (AvgIpc) is 2.74. The quantitative estimate of drug-likeness (QED) is 0.393. The van der Waals surface area contributed by atoms with Gasteiger partial charge in [-0.25, -0.2) is 4.79 Å². The molecular weight excluding hydrogens is 394 g/mol. The van der Waals surface area contributed by atoms with Crippen molar-refractivity contribution in [3.05, 3.63) is 82.9 Å². The van der Waals surface area contributed by atoms with Crippen molar-refractivity contribution in [2.75, 3.05) is 5.32 Å². The van der Waals surface area contributed by atoms with E-state index in [4.69, 9.17) is 9.84 Å². The third kappa shape index (κ3) is 5.42. The average molecular weight is 419 g/mol. The van der Waals surface area contributed by atoms with Gasteiger partial charge in [-0.1, -0.05) is 31.5 Å². The molecule has 0 fully saturated rings. The molecule has 0 unspecified atom stereocenters. The normalized spacial score (nSPS) is 10.5. The first-order valence-electron chi connectivity index (χ1n) is 10.1. The lowest BCUT2D eigenvalue weighted by Crippen LogP contribution is -2.03. The number of anilines is 2. The fourth-order valence-corrected chi connectivity index (χ4v) is 3.33. The van der Waals surface area contributed by atoms with Crippen molar-refractivity contribution in [2.24, 2.45) is 0 Å². The number of hydrogen-bond donors (Lipinski definition) is 3. The molecule has 0 aliphatic heterocycles. The molecule has 31 heavy (non-hydrogen) atoms. The predicted octanol–water partition coefficient (Wildman–Crippen LogP) is 5.57. The molecule has 0 amide bonds. The summed E-state index contributed by atoms with van der Waals surface area (Å²) in [6.45, 7) is 3.70. The summed E-state index contributed by atoms with van der Waals surface area (Å²) in [5.41, 5.74) is 3.51. The maximum absolute atomic E-state index is 11.7. The molecule has 0 saturated heterocycles. The minimum absolute atomic E-state index is 0.0134. The smallest absolute Gasteiger partial charge is 0.335 e. The summed E-state index contributed by atoms with van der Waals surface area (Å²) in [6.07, 6.45) is 1.41. The highest BCUT2D eigenvalue weighted by Crippen LogP contribution is 2.33. The van der Waals surface area contributed by atoms with Crippen LogP contribution in [0.2, 0.25) is 0 Å². The van der Waals surface area contributed by atoms with E-state index in [1.54, 1.807) is 36.4 Å². The second-order valence-electron chi connectivity index (χ2n) is 7.24. The topological polar surface area (TPSA) is 95.9 Å². The highest BCUT2D eigenvalue weighted by Gasteiger charge is 2.16. The number of hydrogen-bond acceptors (Lipinski definition) is 5. The summed E-state index contributed by atoms with van der Waals surface area (Å²) >= 11 is 0. The molecule has 6 heteroatoms. The van der Waals surface area contributed by atoms with Gasteiger partial charge in [-0.05, 0) is 61.4 Å². The summed E-state index contributed by atoms with van der Waals surface area (Å²) in [5.74, 6) is -0.627. The fourth-order valence-electron chi connectivity index (χ4n) is 3.33. The lowest BCUT2D eigenvalue weighted by atomic mass is 10.0. The summed E-state index contributed by atoms with van der Waals surface area (Å²) in [7, 11) is 0. The molecule has 160 valence electrons.